The van der Waals surface area contributed by atoms with Crippen LogP contribution in [0.4, 0.5) is 8.78 Å². The monoisotopic (exact) mass is 448 g/mol. The number of carbonyl (C=O) groups is 2. The lowest BCUT2D eigenvalue weighted by Gasteiger charge is -2.06. The predicted octanol–water partition coefficient (Wildman–Crippen LogP) is 4.46. The van der Waals surface area contributed by atoms with Crippen molar-refractivity contribution in [2.45, 2.75) is 32.7 Å². The number of ether oxygens (including phenoxy) is 2. The first-order valence-corrected chi connectivity index (χ1v) is 10.6. The number of hydrogen-bond donors (Lipinski definition) is 0. The van der Waals surface area contributed by atoms with Crippen molar-refractivity contribution in [3.63, 3.8) is 0 Å². The number of benzene rings is 2. The van der Waals surface area contributed by atoms with E-state index in [2.05, 4.69) is 16.7 Å². The van der Waals surface area contributed by atoms with Gasteiger partial charge in [-0.15, -0.1) is 0 Å². The zero-order chi connectivity index (χ0) is 22.4. The Morgan fingerprint density at radius 1 is 1.13 bits per heavy atom. The first-order chi connectivity index (χ1) is 14.9. The van der Waals surface area contributed by atoms with Crippen molar-refractivity contribution in [3.05, 3.63) is 58.4 Å². The van der Waals surface area contributed by atoms with E-state index in [1.807, 2.05) is 0 Å². The summed E-state index contributed by atoms with van der Waals surface area (Å²) in [5, 5.41) is 0. The minimum absolute atomic E-state index is 0.0147. The van der Waals surface area contributed by atoms with E-state index in [9.17, 15) is 18.4 Å². The number of carbonyl (C=O) groups excluding carboxylic acids is 2. The number of halogens is 2. The lowest BCUT2D eigenvalue weighted by Crippen LogP contribution is -2.22. The molecule has 9 heteroatoms. The normalized spacial score (nSPS) is 11.7. The highest BCUT2D eigenvalue weighted by Gasteiger charge is 2.17. The first kappa shape index (κ1) is 22.6. The quantitative estimate of drug-likeness (QED) is 0.377. The van der Waals surface area contributed by atoms with Gasteiger partial charge >= 0.3 is 5.97 Å². The molecule has 31 heavy (non-hydrogen) atoms. The fourth-order valence-corrected chi connectivity index (χ4v) is 4.01. The number of nitrogens with zero attached hydrogens (tertiary/aromatic N) is 2. The lowest BCUT2D eigenvalue weighted by atomic mass is 10.2. The largest absolute Gasteiger partial charge is 0.494 e. The Hall–Kier alpha value is -3.07. The highest BCUT2D eigenvalue weighted by atomic mass is 32.1. The van der Waals surface area contributed by atoms with E-state index >= 15 is 0 Å². The van der Waals surface area contributed by atoms with E-state index in [0.717, 1.165) is 36.7 Å². The van der Waals surface area contributed by atoms with E-state index in [-0.39, 0.29) is 21.6 Å². The average Bonchev–Trinajstić information content (AvgIpc) is 3.08. The molecule has 1 amide bonds. The van der Waals surface area contributed by atoms with Gasteiger partial charge in [0, 0.05) is 11.6 Å². The van der Waals surface area contributed by atoms with Crippen molar-refractivity contribution < 1.29 is 27.8 Å². The second-order valence-corrected chi connectivity index (χ2v) is 7.79. The van der Waals surface area contributed by atoms with Gasteiger partial charge in [0.05, 0.1) is 23.9 Å². The molecule has 0 saturated carbocycles. The van der Waals surface area contributed by atoms with Crippen LogP contribution in [0.5, 0.6) is 5.75 Å². The molecular weight excluding hydrogens is 426 g/mol. The fourth-order valence-electron chi connectivity index (χ4n) is 2.94. The van der Waals surface area contributed by atoms with E-state index in [1.165, 1.54) is 11.7 Å². The molecule has 0 atom stereocenters. The summed E-state index contributed by atoms with van der Waals surface area (Å²) in [6, 6.07) is 8.37. The van der Waals surface area contributed by atoms with Crippen LogP contribution in [-0.4, -0.2) is 30.2 Å². The van der Waals surface area contributed by atoms with Crippen LogP contribution in [0.15, 0.2) is 41.4 Å². The summed E-state index contributed by atoms with van der Waals surface area (Å²) in [6.07, 6.45) is 3.14. The SMILES string of the molecule is CCCCCOc1ccc(C(=O)N=c2sc3cc(F)cc(F)c3n2CC(=O)OC)cc1. The lowest BCUT2D eigenvalue weighted by molar-refractivity contribution is -0.141. The summed E-state index contributed by atoms with van der Waals surface area (Å²) >= 11 is 0.910. The predicted molar refractivity (Wildman–Crippen MR) is 113 cm³/mol. The van der Waals surface area contributed by atoms with E-state index in [4.69, 9.17) is 4.74 Å². The van der Waals surface area contributed by atoms with Gasteiger partial charge in [0.2, 0.25) is 0 Å². The Bertz CT molecular complexity index is 1150. The Morgan fingerprint density at radius 2 is 1.87 bits per heavy atom. The molecule has 6 nitrogen and oxygen atoms in total. The van der Waals surface area contributed by atoms with Crippen molar-refractivity contribution in [2.24, 2.45) is 4.99 Å². The number of aromatic nitrogens is 1. The van der Waals surface area contributed by atoms with Crippen molar-refractivity contribution in [1.82, 2.24) is 4.57 Å². The number of fused-ring (bicyclic) bond motifs is 1. The molecule has 0 unspecified atom stereocenters. The molecule has 0 aliphatic heterocycles. The van der Waals surface area contributed by atoms with Crippen LogP contribution in [0.3, 0.4) is 0 Å². The van der Waals surface area contributed by atoms with Crippen molar-refractivity contribution in [3.8, 4) is 5.75 Å². The van der Waals surface area contributed by atoms with Gasteiger partial charge in [-0.2, -0.15) is 4.99 Å². The number of thiazole rings is 1. The number of unbranched alkanes of at least 4 members (excludes halogenated alkanes) is 2. The number of rotatable bonds is 8. The summed E-state index contributed by atoms with van der Waals surface area (Å²) < 4.78 is 39.7. The Labute approximate surface area is 181 Å². The van der Waals surface area contributed by atoms with E-state index < -0.39 is 23.5 Å². The Balaban J connectivity index is 1.92. The third kappa shape index (κ3) is 5.55. The number of esters is 1. The summed E-state index contributed by atoms with van der Waals surface area (Å²) in [5.74, 6) is -2.20. The molecule has 0 saturated heterocycles. The second kappa shape index (κ2) is 10.3. The van der Waals surface area contributed by atoms with Crippen molar-refractivity contribution in [1.29, 1.82) is 0 Å². The molecule has 164 valence electrons. The minimum atomic E-state index is -0.853. The van der Waals surface area contributed by atoms with Crippen LogP contribution in [0.2, 0.25) is 0 Å². The van der Waals surface area contributed by atoms with Gasteiger partial charge in [-0.1, -0.05) is 31.1 Å². The minimum Gasteiger partial charge on any atom is -0.494 e. The Morgan fingerprint density at radius 3 is 2.55 bits per heavy atom. The van der Waals surface area contributed by atoms with E-state index in [1.54, 1.807) is 24.3 Å². The Kier molecular flexibility index (Phi) is 7.51. The van der Waals surface area contributed by atoms with Crippen molar-refractivity contribution in [2.75, 3.05) is 13.7 Å². The molecule has 2 aromatic carbocycles. The van der Waals surface area contributed by atoms with Crippen LogP contribution >= 0.6 is 11.3 Å². The maximum Gasteiger partial charge on any atom is 0.325 e. The van der Waals surface area contributed by atoms with Gasteiger partial charge in [0.15, 0.2) is 10.6 Å². The highest BCUT2D eigenvalue weighted by Crippen LogP contribution is 2.22. The van der Waals surface area contributed by atoms with Gasteiger partial charge < -0.3 is 14.0 Å². The first-order valence-electron chi connectivity index (χ1n) is 9.80. The van der Waals surface area contributed by atoms with E-state index in [0.29, 0.717) is 24.0 Å². The summed E-state index contributed by atoms with van der Waals surface area (Å²) in [5.41, 5.74) is 0.286. The molecular formula is C22H22F2N2O4S. The van der Waals surface area contributed by atoms with Gasteiger partial charge in [0.1, 0.15) is 18.1 Å². The molecule has 3 rings (SSSR count). The van der Waals surface area contributed by atoms with Gasteiger partial charge in [-0.3, -0.25) is 9.59 Å². The molecule has 0 aliphatic carbocycles. The van der Waals surface area contributed by atoms with Gasteiger partial charge in [0.25, 0.3) is 5.91 Å². The number of amides is 1. The maximum atomic E-state index is 14.4. The van der Waals surface area contributed by atoms with Crippen LogP contribution < -0.4 is 9.54 Å². The third-order valence-corrected chi connectivity index (χ3v) is 5.55. The van der Waals surface area contributed by atoms with Crippen LogP contribution in [0.25, 0.3) is 10.2 Å². The second-order valence-electron chi connectivity index (χ2n) is 6.78. The maximum absolute atomic E-state index is 14.4. The van der Waals surface area contributed by atoms with Crippen LogP contribution in [0.1, 0.15) is 36.5 Å². The zero-order valence-electron chi connectivity index (χ0n) is 17.2. The summed E-state index contributed by atoms with van der Waals surface area (Å²) in [6.45, 7) is 2.35. The average molecular weight is 448 g/mol. The molecule has 1 aromatic heterocycles. The van der Waals surface area contributed by atoms with Crippen LogP contribution in [0, 0.1) is 11.6 Å². The highest BCUT2D eigenvalue weighted by molar-refractivity contribution is 7.16. The van der Waals surface area contributed by atoms with Crippen LogP contribution in [-0.2, 0) is 16.1 Å². The van der Waals surface area contributed by atoms with Crippen molar-refractivity contribution >= 4 is 33.4 Å². The molecule has 0 spiro atoms. The molecule has 0 N–H and O–H groups in total. The summed E-state index contributed by atoms with van der Waals surface area (Å²) in [4.78, 5) is 28.6. The molecule has 0 bridgehead atoms. The molecule has 0 aliphatic rings. The molecule has 1 heterocycles. The van der Waals surface area contributed by atoms with Gasteiger partial charge in [-0.25, -0.2) is 8.78 Å². The molecule has 0 radical (unpaired) electrons. The fraction of sp³-hybridized carbons (Fsp3) is 0.318. The zero-order valence-corrected chi connectivity index (χ0v) is 18.0. The third-order valence-electron chi connectivity index (χ3n) is 4.53. The molecule has 3 aromatic rings. The smallest absolute Gasteiger partial charge is 0.325 e. The topological polar surface area (TPSA) is 69.9 Å². The summed E-state index contributed by atoms with van der Waals surface area (Å²) in [7, 11) is 1.20. The van der Waals surface area contributed by atoms with Gasteiger partial charge in [-0.05, 0) is 36.8 Å². The molecule has 0 fully saturated rings. The number of methoxy groups -OCH3 is 1. The standard InChI is InChI=1S/C22H22F2N2O4S/c1-3-4-5-10-30-16-8-6-14(7-9-16)21(28)25-22-26(13-19(27)29-2)20-17(24)11-15(23)12-18(20)31-22/h6-9,11-12H,3-5,10,13H2,1-2H3. The number of hydrogen-bond acceptors (Lipinski definition) is 5.